The van der Waals surface area contributed by atoms with E-state index in [1.807, 2.05) is 10.3 Å². The van der Waals surface area contributed by atoms with Gasteiger partial charge in [0.05, 0.1) is 18.7 Å². The lowest BCUT2D eigenvalue weighted by molar-refractivity contribution is -0.123. The van der Waals surface area contributed by atoms with Crippen LogP contribution in [0.4, 0.5) is 5.00 Å². The highest BCUT2D eigenvalue weighted by Crippen LogP contribution is 2.46. The van der Waals surface area contributed by atoms with Crippen molar-refractivity contribution in [1.82, 2.24) is 4.90 Å². The van der Waals surface area contributed by atoms with E-state index in [9.17, 15) is 14.4 Å². The van der Waals surface area contributed by atoms with Gasteiger partial charge < -0.3 is 15.8 Å². The number of ether oxygens (including phenoxy) is 1. The van der Waals surface area contributed by atoms with Crippen molar-refractivity contribution in [2.75, 3.05) is 31.6 Å². The number of thiophene rings is 1. The Bertz CT molecular complexity index is 691. The second kappa shape index (κ2) is 8.18. The van der Waals surface area contributed by atoms with Crippen LogP contribution in [0.2, 0.25) is 0 Å². The van der Waals surface area contributed by atoms with E-state index in [1.54, 1.807) is 6.92 Å². The summed E-state index contributed by atoms with van der Waals surface area (Å²) in [6.07, 6.45) is 3.51. The molecule has 0 atom stereocenters. The van der Waals surface area contributed by atoms with Crippen molar-refractivity contribution in [3.63, 3.8) is 0 Å². The summed E-state index contributed by atoms with van der Waals surface area (Å²) in [5.74, 6) is -0.475. The number of carbonyl (C=O) groups excluding carboxylic acids is 3. The average molecular weight is 379 g/mol. The van der Waals surface area contributed by atoms with Crippen molar-refractivity contribution in [2.45, 2.75) is 38.5 Å². The predicted octanol–water partition coefficient (Wildman–Crippen LogP) is 1.94. The molecule has 2 aliphatic rings. The fraction of sp³-hybridized carbons (Fsp3) is 0.611. The van der Waals surface area contributed by atoms with Crippen LogP contribution in [0, 0.1) is 5.92 Å². The Hall–Kier alpha value is -1.93. The monoisotopic (exact) mass is 379 g/mol. The first-order valence-corrected chi connectivity index (χ1v) is 9.97. The van der Waals surface area contributed by atoms with E-state index in [0.717, 1.165) is 18.4 Å². The van der Waals surface area contributed by atoms with E-state index in [4.69, 9.17) is 10.5 Å². The maximum atomic E-state index is 12.4. The zero-order chi connectivity index (χ0) is 18.7. The molecule has 1 aromatic rings. The number of hydrogen-bond acceptors (Lipinski definition) is 6. The van der Waals surface area contributed by atoms with Crippen LogP contribution in [0.5, 0.6) is 0 Å². The van der Waals surface area contributed by atoms with Gasteiger partial charge in [0.15, 0.2) is 0 Å². The molecule has 2 heterocycles. The quantitative estimate of drug-likeness (QED) is 0.705. The highest BCUT2D eigenvalue weighted by atomic mass is 32.1. The third-order valence-electron chi connectivity index (χ3n) is 4.93. The van der Waals surface area contributed by atoms with Crippen LogP contribution in [0.3, 0.4) is 0 Å². The topological polar surface area (TPSA) is 102 Å². The van der Waals surface area contributed by atoms with Crippen LogP contribution in [0.25, 0.3) is 0 Å². The van der Waals surface area contributed by atoms with Gasteiger partial charge in [-0.05, 0) is 62.6 Å². The molecular formula is C18H25N3O4S. The molecule has 1 aromatic heterocycles. The van der Waals surface area contributed by atoms with Gasteiger partial charge in [-0.3, -0.25) is 14.5 Å². The summed E-state index contributed by atoms with van der Waals surface area (Å²) in [4.78, 5) is 38.0. The number of carbonyl (C=O) groups is 3. The Balaban J connectivity index is 1.61. The molecule has 8 heteroatoms. The highest BCUT2D eigenvalue weighted by molar-refractivity contribution is 7.15. The maximum absolute atomic E-state index is 12.4. The predicted molar refractivity (Wildman–Crippen MR) is 99.2 cm³/mol. The van der Waals surface area contributed by atoms with Gasteiger partial charge >= 0.3 is 5.97 Å². The van der Waals surface area contributed by atoms with Crippen molar-refractivity contribution in [3.05, 3.63) is 16.5 Å². The summed E-state index contributed by atoms with van der Waals surface area (Å²) in [5.41, 5.74) is 6.84. The van der Waals surface area contributed by atoms with Gasteiger partial charge in [0, 0.05) is 5.92 Å². The van der Waals surface area contributed by atoms with Crippen LogP contribution in [0.15, 0.2) is 5.38 Å². The molecule has 1 saturated heterocycles. The number of likely N-dealkylation sites (tertiary alicyclic amines) is 1. The lowest BCUT2D eigenvalue weighted by Gasteiger charge is -2.29. The Morgan fingerprint density at radius 2 is 1.96 bits per heavy atom. The standard InChI is InChI=1S/C18H25N3O4S/c1-2-25-18(24)15-13(11-3-4-11)10-26-17(15)20-14(22)9-21-7-5-12(6-8-21)16(19)23/h10-12H,2-9H2,1H3,(H2,19,23)(H,20,22). The summed E-state index contributed by atoms with van der Waals surface area (Å²) in [6, 6.07) is 0. The van der Waals surface area contributed by atoms with Crippen molar-refractivity contribution in [3.8, 4) is 0 Å². The fourth-order valence-corrected chi connectivity index (χ4v) is 4.36. The molecule has 26 heavy (non-hydrogen) atoms. The number of rotatable bonds is 7. The van der Waals surface area contributed by atoms with E-state index < -0.39 is 0 Å². The molecular weight excluding hydrogens is 354 g/mol. The number of nitrogens with zero attached hydrogens (tertiary/aromatic N) is 1. The molecule has 3 rings (SSSR count). The van der Waals surface area contributed by atoms with Gasteiger partial charge in [-0.25, -0.2) is 4.79 Å². The SMILES string of the molecule is CCOC(=O)c1c(C2CC2)csc1NC(=O)CN1CCC(C(N)=O)CC1. The average Bonchev–Trinajstić information content (AvgIpc) is 3.36. The summed E-state index contributed by atoms with van der Waals surface area (Å²) < 4.78 is 5.17. The molecule has 1 aliphatic heterocycles. The molecule has 0 unspecified atom stereocenters. The molecule has 0 aromatic carbocycles. The number of primary amides is 1. The van der Waals surface area contributed by atoms with E-state index in [0.29, 0.717) is 49.0 Å². The highest BCUT2D eigenvalue weighted by Gasteiger charge is 2.32. The van der Waals surface area contributed by atoms with Gasteiger partial charge in [-0.15, -0.1) is 11.3 Å². The second-order valence-corrected chi connectivity index (χ2v) is 7.77. The second-order valence-electron chi connectivity index (χ2n) is 6.89. The van der Waals surface area contributed by atoms with Crippen LogP contribution in [-0.4, -0.2) is 48.9 Å². The number of hydrogen-bond donors (Lipinski definition) is 2. The Labute approximate surface area is 156 Å². The molecule has 7 nitrogen and oxygen atoms in total. The van der Waals surface area contributed by atoms with Gasteiger partial charge in [0.1, 0.15) is 5.00 Å². The number of nitrogens with two attached hydrogens (primary N) is 1. The van der Waals surface area contributed by atoms with E-state index in [2.05, 4.69) is 5.32 Å². The summed E-state index contributed by atoms with van der Waals surface area (Å²) in [7, 11) is 0. The van der Waals surface area contributed by atoms with Crippen molar-refractivity contribution < 1.29 is 19.1 Å². The number of anilines is 1. The summed E-state index contributed by atoms with van der Waals surface area (Å²) in [6.45, 7) is 3.66. The van der Waals surface area contributed by atoms with Crippen LogP contribution in [0.1, 0.15) is 54.4 Å². The molecule has 2 fully saturated rings. The van der Waals surface area contributed by atoms with E-state index in [1.165, 1.54) is 11.3 Å². The normalized spacial score (nSPS) is 18.5. The smallest absolute Gasteiger partial charge is 0.341 e. The minimum atomic E-state index is -0.367. The first-order chi connectivity index (χ1) is 12.5. The largest absolute Gasteiger partial charge is 0.462 e. The molecule has 3 N–H and O–H groups in total. The number of esters is 1. The molecule has 142 valence electrons. The van der Waals surface area contributed by atoms with Gasteiger partial charge in [0.25, 0.3) is 0 Å². The molecule has 0 radical (unpaired) electrons. The maximum Gasteiger partial charge on any atom is 0.341 e. The van der Waals surface area contributed by atoms with Crippen molar-refractivity contribution >= 4 is 34.1 Å². The van der Waals surface area contributed by atoms with Gasteiger partial charge in [-0.1, -0.05) is 0 Å². The minimum absolute atomic E-state index is 0.0943. The molecule has 2 amide bonds. The fourth-order valence-electron chi connectivity index (χ4n) is 3.32. The molecule has 0 spiro atoms. The third-order valence-corrected chi connectivity index (χ3v) is 5.84. The summed E-state index contributed by atoms with van der Waals surface area (Å²) >= 11 is 1.38. The number of amides is 2. The van der Waals surface area contributed by atoms with E-state index >= 15 is 0 Å². The van der Waals surface area contributed by atoms with Gasteiger partial charge in [-0.2, -0.15) is 0 Å². The molecule has 0 bridgehead atoms. The lowest BCUT2D eigenvalue weighted by atomic mass is 9.96. The Morgan fingerprint density at radius 3 is 2.54 bits per heavy atom. The first kappa shape index (κ1) is 18.8. The Morgan fingerprint density at radius 1 is 1.27 bits per heavy atom. The number of piperidine rings is 1. The van der Waals surface area contributed by atoms with E-state index in [-0.39, 0.29) is 30.2 Å². The Kier molecular flexibility index (Phi) is 5.93. The number of nitrogens with one attached hydrogen (secondary N) is 1. The molecule has 1 aliphatic carbocycles. The molecule has 1 saturated carbocycles. The summed E-state index contributed by atoms with van der Waals surface area (Å²) in [5, 5.41) is 5.41. The van der Waals surface area contributed by atoms with Crippen molar-refractivity contribution in [1.29, 1.82) is 0 Å². The van der Waals surface area contributed by atoms with Crippen molar-refractivity contribution in [2.24, 2.45) is 11.7 Å². The lowest BCUT2D eigenvalue weighted by Crippen LogP contribution is -2.42. The van der Waals surface area contributed by atoms with Crippen LogP contribution in [-0.2, 0) is 14.3 Å². The minimum Gasteiger partial charge on any atom is -0.462 e. The first-order valence-electron chi connectivity index (χ1n) is 9.09. The third kappa shape index (κ3) is 4.42. The zero-order valence-corrected chi connectivity index (χ0v) is 15.8. The van der Waals surface area contributed by atoms with Gasteiger partial charge in [0.2, 0.25) is 11.8 Å². The zero-order valence-electron chi connectivity index (χ0n) is 15.0. The van der Waals surface area contributed by atoms with Crippen LogP contribution < -0.4 is 11.1 Å². The van der Waals surface area contributed by atoms with Crippen LogP contribution >= 0.6 is 11.3 Å².